The molecule has 0 aliphatic carbocycles. The zero-order valence-corrected chi connectivity index (χ0v) is 15.8. The first kappa shape index (κ1) is 21.5. The molecule has 2 aromatic carbocycles. The molecular weight excluding hydrogens is 376 g/mol. The number of carbonyl (C=O) groups is 3. The van der Waals surface area contributed by atoms with Crippen molar-refractivity contribution >= 4 is 23.4 Å². The largest absolute Gasteiger partial charge is 0.368 e. The average Bonchev–Trinajstić information content (AvgIpc) is 2.72. The second-order valence-electron chi connectivity index (χ2n) is 6.46. The molecule has 2 aromatic rings. The number of primary amides is 1. The summed E-state index contributed by atoms with van der Waals surface area (Å²) in [6, 6.07) is 13.4. The fourth-order valence-corrected chi connectivity index (χ4v) is 2.76. The van der Waals surface area contributed by atoms with Crippen molar-refractivity contribution in [3.8, 4) is 0 Å². The predicted octanol–water partition coefficient (Wildman–Crippen LogP) is 1.49. The van der Waals surface area contributed by atoms with Crippen molar-refractivity contribution in [2.45, 2.75) is 25.3 Å². The molecule has 0 saturated carbocycles. The van der Waals surface area contributed by atoms with E-state index in [-0.39, 0.29) is 30.1 Å². The second-order valence-corrected chi connectivity index (χ2v) is 6.46. The van der Waals surface area contributed by atoms with Crippen molar-refractivity contribution in [1.82, 2.24) is 10.6 Å². The zero-order chi connectivity index (χ0) is 21.4. The normalized spacial score (nSPS) is 12.4. The zero-order valence-electron chi connectivity index (χ0n) is 15.8. The molecule has 0 aliphatic rings. The Hall–Kier alpha value is -3.75. The Morgan fingerprint density at radius 1 is 1.07 bits per heavy atom. The van der Waals surface area contributed by atoms with Crippen LogP contribution >= 0.6 is 0 Å². The Bertz CT molecular complexity index is 884. The van der Waals surface area contributed by atoms with E-state index in [1.165, 1.54) is 24.3 Å². The second kappa shape index (κ2) is 9.98. The minimum Gasteiger partial charge on any atom is -0.368 e. The Labute approximate surface area is 167 Å². The molecule has 0 heterocycles. The molecule has 2 rings (SSSR count). The topological polar surface area (TPSA) is 144 Å². The molecular formula is C20H22N4O5. The average molecular weight is 398 g/mol. The van der Waals surface area contributed by atoms with E-state index in [0.29, 0.717) is 0 Å². The first-order chi connectivity index (χ1) is 13.8. The lowest BCUT2D eigenvalue weighted by molar-refractivity contribution is -0.384. The highest BCUT2D eigenvalue weighted by Crippen LogP contribution is 2.19. The van der Waals surface area contributed by atoms with Gasteiger partial charge in [0.05, 0.1) is 4.92 Å². The number of non-ortho nitro benzene ring substituents is 1. The standard InChI is InChI=1S/C20H22N4O5/c1-13(14-5-3-2-4-6-14)18(19(21)26)23-17(25)11-12-22-20(27)15-7-9-16(10-8-15)24(28)29/h2-10,13,18H,11-12H2,1H3,(H2,21,26)(H,22,27)(H,23,25). The van der Waals surface area contributed by atoms with Gasteiger partial charge in [0.1, 0.15) is 6.04 Å². The molecule has 29 heavy (non-hydrogen) atoms. The Balaban J connectivity index is 1.86. The van der Waals surface area contributed by atoms with Crippen LogP contribution in [0.15, 0.2) is 54.6 Å². The highest BCUT2D eigenvalue weighted by Gasteiger charge is 2.25. The fourth-order valence-electron chi connectivity index (χ4n) is 2.76. The summed E-state index contributed by atoms with van der Waals surface area (Å²) in [5.41, 5.74) is 6.42. The van der Waals surface area contributed by atoms with Gasteiger partial charge in [0.15, 0.2) is 0 Å². The van der Waals surface area contributed by atoms with Gasteiger partial charge >= 0.3 is 0 Å². The number of hydrogen-bond acceptors (Lipinski definition) is 5. The molecule has 0 aromatic heterocycles. The number of nitrogens with two attached hydrogens (primary N) is 1. The molecule has 0 aliphatic heterocycles. The third-order valence-corrected chi connectivity index (χ3v) is 4.43. The summed E-state index contributed by atoms with van der Waals surface area (Å²) in [6.07, 6.45) is -0.0516. The molecule has 9 heteroatoms. The van der Waals surface area contributed by atoms with Gasteiger partial charge in [0.2, 0.25) is 11.8 Å². The van der Waals surface area contributed by atoms with Gasteiger partial charge in [0.25, 0.3) is 11.6 Å². The molecule has 9 nitrogen and oxygen atoms in total. The minimum atomic E-state index is -0.879. The van der Waals surface area contributed by atoms with Gasteiger partial charge in [0, 0.05) is 36.6 Å². The van der Waals surface area contributed by atoms with Gasteiger partial charge < -0.3 is 16.4 Å². The van der Waals surface area contributed by atoms with E-state index in [4.69, 9.17) is 5.73 Å². The summed E-state index contributed by atoms with van der Waals surface area (Å²) in [5.74, 6) is -1.85. The van der Waals surface area contributed by atoms with E-state index >= 15 is 0 Å². The first-order valence-electron chi connectivity index (χ1n) is 8.96. The van der Waals surface area contributed by atoms with Crippen LogP contribution in [0.1, 0.15) is 35.2 Å². The van der Waals surface area contributed by atoms with E-state index in [1.54, 1.807) is 6.92 Å². The van der Waals surface area contributed by atoms with Gasteiger partial charge in [-0.25, -0.2) is 0 Å². The highest BCUT2D eigenvalue weighted by molar-refractivity contribution is 5.94. The minimum absolute atomic E-state index is 0.0346. The number of benzene rings is 2. The van der Waals surface area contributed by atoms with E-state index in [9.17, 15) is 24.5 Å². The van der Waals surface area contributed by atoms with Crippen LogP contribution in [0, 0.1) is 10.1 Å². The number of carbonyl (C=O) groups excluding carboxylic acids is 3. The van der Waals surface area contributed by atoms with Crippen molar-refractivity contribution in [1.29, 1.82) is 0 Å². The molecule has 0 saturated heterocycles. The monoisotopic (exact) mass is 398 g/mol. The van der Waals surface area contributed by atoms with Crippen LogP contribution in [0.5, 0.6) is 0 Å². The van der Waals surface area contributed by atoms with Gasteiger partial charge in [-0.1, -0.05) is 37.3 Å². The number of nitro groups is 1. The van der Waals surface area contributed by atoms with Crippen LogP contribution in [0.3, 0.4) is 0 Å². The lowest BCUT2D eigenvalue weighted by atomic mass is 9.92. The summed E-state index contributed by atoms with van der Waals surface area (Å²) >= 11 is 0. The molecule has 0 spiro atoms. The van der Waals surface area contributed by atoms with Gasteiger partial charge in [-0.05, 0) is 17.7 Å². The summed E-state index contributed by atoms with van der Waals surface area (Å²) < 4.78 is 0. The third-order valence-electron chi connectivity index (χ3n) is 4.43. The summed E-state index contributed by atoms with van der Waals surface area (Å²) in [6.45, 7) is 1.83. The molecule has 152 valence electrons. The smallest absolute Gasteiger partial charge is 0.269 e. The lowest BCUT2D eigenvalue weighted by Gasteiger charge is -2.22. The third kappa shape index (κ3) is 6.13. The molecule has 0 bridgehead atoms. The maximum Gasteiger partial charge on any atom is 0.269 e. The van der Waals surface area contributed by atoms with Crippen LogP contribution in [-0.4, -0.2) is 35.2 Å². The first-order valence-corrected chi connectivity index (χ1v) is 8.96. The maximum absolute atomic E-state index is 12.2. The number of rotatable bonds is 9. The molecule has 0 radical (unpaired) electrons. The number of nitrogens with zero attached hydrogens (tertiary/aromatic N) is 1. The van der Waals surface area contributed by atoms with Gasteiger partial charge in [-0.15, -0.1) is 0 Å². The summed E-state index contributed by atoms with van der Waals surface area (Å²) in [5, 5.41) is 15.8. The fraction of sp³-hybridized carbons (Fsp3) is 0.250. The lowest BCUT2D eigenvalue weighted by Crippen LogP contribution is -2.48. The van der Waals surface area contributed by atoms with Gasteiger partial charge in [-0.3, -0.25) is 24.5 Å². The number of nitro benzene ring substituents is 1. The van der Waals surface area contributed by atoms with Crippen molar-refractivity contribution in [2.24, 2.45) is 5.73 Å². The number of hydrogen-bond donors (Lipinski definition) is 3. The van der Waals surface area contributed by atoms with E-state index in [0.717, 1.165) is 5.56 Å². The molecule has 0 fully saturated rings. The maximum atomic E-state index is 12.2. The summed E-state index contributed by atoms with van der Waals surface area (Å²) in [7, 11) is 0. The summed E-state index contributed by atoms with van der Waals surface area (Å²) in [4.78, 5) is 46.1. The van der Waals surface area contributed by atoms with Crippen molar-refractivity contribution in [3.63, 3.8) is 0 Å². The predicted molar refractivity (Wildman–Crippen MR) is 106 cm³/mol. The Morgan fingerprint density at radius 2 is 1.69 bits per heavy atom. The van der Waals surface area contributed by atoms with Crippen molar-refractivity contribution in [2.75, 3.05) is 6.54 Å². The highest BCUT2D eigenvalue weighted by atomic mass is 16.6. The van der Waals surface area contributed by atoms with E-state index in [2.05, 4.69) is 10.6 Å². The van der Waals surface area contributed by atoms with Crippen LogP contribution in [0.4, 0.5) is 5.69 Å². The number of amides is 3. The molecule has 3 amide bonds. The van der Waals surface area contributed by atoms with Crippen LogP contribution < -0.4 is 16.4 Å². The Kier molecular flexibility index (Phi) is 7.41. The van der Waals surface area contributed by atoms with Gasteiger partial charge in [-0.2, -0.15) is 0 Å². The van der Waals surface area contributed by atoms with Crippen molar-refractivity contribution in [3.05, 3.63) is 75.8 Å². The number of nitrogens with one attached hydrogen (secondary N) is 2. The molecule has 2 atom stereocenters. The van der Waals surface area contributed by atoms with E-state index < -0.39 is 28.7 Å². The van der Waals surface area contributed by atoms with E-state index in [1.807, 2.05) is 30.3 Å². The quantitative estimate of drug-likeness (QED) is 0.433. The molecule has 2 unspecified atom stereocenters. The molecule has 4 N–H and O–H groups in total. The Morgan fingerprint density at radius 3 is 2.24 bits per heavy atom. The van der Waals surface area contributed by atoms with Crippen LogP contribution in [-0.2, 0) is 9.59 Å². The SMILES string of the molecule is CC(c1ccccc1)C(NC(=O)CCNC(=O)c1ccc([N+](=O)[O-])cc1)C(N)=O. The van der Waals surface area contributed by atoms with Crippen molar-refractivity contribution < 1.29 is 19.3 Å². The van der Waals surface area contributed by atoms with Crippen LogP contribution in [0.25, 0.3) is 0 Å². The van der Waals surface area contributed by atoms with Crippen LogP contribution in [0.2, 0.25) is 0 Å².